The van der Waals surface area contributed by atoms with Crippen LogP contribution in [0.15, 0.2) is 42.5 Å². The smallest absolute Gasteiger partial charge is 0.0211 e. The van der Waals surface area contributed by atoms with E-state index in [0.717, 1.165) is 13.1 Å². The number of nitrogens with one attached hydrogen (secondary N) is 2. The van der Waals surface area contributed by atoms with Crippen molar-refractivity contribution >= 4 is 10.8 Å². The Balaban J connectivity index is 1.62. The Bertz CT molecular complexity index is 623. The minimum absolute atomic E-state index is 0.505. The van der Waals surface area contributed by atoms with Crippen molar-refractivity contribution < 1.29 is 0 Å². The van der Waals surface area contributed by atoms with Gasteiger partial charge in [-0.3, -0.25) is 0 Å². The number of hydrogen-bond acceptors (Lipinski definition) is 2. The molecule has 0 spiro atoms. The van der Waals surface area contributed by atoms with Crippen LogP contribution < -0.4 is 10.6 Å². The minimum Gasteiger partial charge on any atom is -0.317 e. The van der Waals surface area contributed by atoms with Gasteiger partial charge in [0.25, 0.3) is 0 Å². The Labute approximate surface area is 147 Å². The van der Waals surface area contributed by atoms with E-state index in [0.29, 0.717) is 5.41 Å². The summed E-state index contributed by atoms with van der Waals surface area (Å²) in [4.78, 5) is 0. The van der Waals surface area contributed by atoms with Crippen LogP contribution in [0.2, 0.25) is 0 Å². The second-order valence-electron chi connectivity index (χ2n) is 7.45. The second kappa shape index (κ2) is 8.64. The first-order valence-corrected chi connectivity index (χ1v) is 9.71. The standard InChI is InChI=1S/C22H32N2/c1-2-3-6-12-22(13-15-23-16-14-22)18-24-17-20-10-7-9-19-8-4-5-11-21(19)20/h4-5,7-11,23-24H,2-3,6,12-18H2,1H3. The third kappa shape index (κ3) is 4.37. The molecule has 0 aliphatic carbocycles. The molecule has 24 heavy (non-hydrogen) atoms. The molecular formula is C22H32N2. The first-order chi connectivity index (χ1) is 11.8. The highest BCUT2D eigenvalue weighted by molar-refractivity contribution is 5.85. The summed E-state index contributed by atoms with van der Waals surface area (Å²) < 4.78 is 0. The molecule has 2 N–H and O–H groups in total. The van der Waals surface area contributed by atoms with E-state index in [9.17, 15) is 0 Å². The van der Waals surface area contributed by atoms with E-state index in [1.165, 1.54) is 68.0 Å². The number of benzene rings is 2. The van der Waals surface area contributed by atoms with Gasteiger partial charge in [0, 0.05) is 13.1 Å². The molecule has 130 valence electrons. The van der Waals surface area contributed by atoms with Crippen LogP contribution in [-0.2, 0) is 6.54 Å². The normalized spacial score (nSPS) is 17.2. The molecule has 2 heteroatoms. The van der Waals surface area contributed by atoms with Gasteiger partial charge in [-0.1, -0.05) is 68.7 Å². The average Bonchev–Trinajstić information content (AvgIpc) is 2.63. The molecule has 1 aliphatic rings. The third-order valence-corrected chi connectivity index (χ3v) is 5.67. The van der Waals surface area contributed by atoms with Crippen LogP contribution in [0.4, 0.5) is 0 Å². The summed E-state index contributed by atoms with van der Waals surface area (Å²) in [6.07, 6.45) is 8.09. The average molecular weight is 325 g/mol. The molecule has 1 fully saturated rings. The highest BCUT2D eigenvalue weighted by Gasteiger charge is 2.30. The number of piperidine rings is 1. The van der Waals surface area contributed by atoms with E-state index in [1.807, 2.05) is 0 Å². The Hall–Kier alpha value is -1.38. The third-order valence-electron chi connectivity index (χ3n) is 5.67. The van der Waals surface area contributed by atoms with E-state index < -0.39 is 0 Å². The number of rotatable bonds is 8. The summed E-state index contributed by atoms with van der Waals surface area (Å²) >= 11 is 0. The maximum atomic E-state index is 3.80. The molecule has 0 amide bonds. The van der Waals surface area contributed by atoms with Gasteiger partial charge in [-0.2, -0.15) is 0 Å². The maximum absolute atomic E-state index is 3.80. The summed E-state index contributed by atoms with van der Waals surface area (Å²) in [6, 6.07) is 15.4. The predicted molar refractivity (Wildman–Crippen MR) is 104 cm³/mol. The van der Waals surface area contributed by atoms with Crippen molar-refractivity contribution in [2.75, 3.05) is 19.6 Å². The van der Waals surface area contributed by atoms with Crippen LogP contribution in [0.5, 0.6) is 0 Å². The minimum atomic E-state index is 0.505. The van der Waals surface area contributed by atoms with Crippen LogP contribution in [-0.4, -0.2) is 19.6 Å². The number of hydrogen-bond donors (Lipinski definition) is 2. The van der Waals surface area contributed by atoms with Crippen LogP contribution in [0, 0.1) is 5.41 Å². The van der Waals surface area contributed by atoms with E-state index in [1.54, 1.807) is 0 Å². The molecule has 0 aromatic heterocycles. The summed E-state index contributed by atoms with van der Waals surface area (Å²) in [6.45, 7) is 6.80. The molecule has 0 saturated carbocycles. The maximum Gasteiger partial charge on any atom is 0.0211 e. The van der Waals surface area contributed by atoms with Crippen molar-refractivity contribution in [1.82, 2.24) is 10.6 Å². The van der Waals surface area contributed by atoms with E-state index in [-0.39, 0.29) is 0 Å². The largest absolute Gasteiger partial charge is 0.317 e. The van der Waals surface area contributed by atoms with Gasteiger partial charge in [-0.25, -0.2) is 0 Å². The van der Waals surface area contributed by atoms with E-state index in [4.69, 9.17) is 0 Å². The Morgan fingerprint density at radius 3 is 2.62 bits per heavy atom. The predicted octanol–water partition coefficient (Wildman–Crippen LogP) is 4.88. The van der Waals surface area contributed by atoms with Crippen LogP contribution in [0.3, 0.4) is 0 Å². The highest BCUT2D eigenvalue weighted by atomic mass is 14.9. The van der Waals surface area contributed by atoms with E-state index >= 15 is 0 Å². The van der Waals surface area contributed by atoms with Gasteiger partial charge in [0.05, 0.1) is 0 Å². The van der Waals surface area contributed by atoms with Crippen molar-refractivity contribution in [2.45, 2.75) is 52.0 Å². The molecule has 2 aromatic rings. The molecular weight excluding hydrogens is 292 g/mol. The quantitative estimate of drug-likeness (QED) is 0.676. The van der Waals surface area contributed by atoms with Crippen molar-refractivity contribution in [3.8, 4) is 0 Å². The zero-order chi connectivity index (χ0) is 16.7. The Morgan fingerprint density at radius 2 is 1.79 bits per heavy atom. The van der Waals surface area contributed by atoms with Gasteiger partial charge in [-0.05, 0) is 54.1 Å². The zero-order valence-electron chi connectivity index (χ0n) is 15.1. The molecule has 2 aromatic carbocycles. The Kier molecular flexibility index (Phi) is 6.28. The van der Waals surface area contributed by atoms with Crippen molar-refractivity contribution in [1.29, 1.82) is 0 Å². The summed E-state index contributed by atoms with van der Waals surface area (Å²) in [5.74, 6) is 0. The lowest BCUT2D eigenvalue weighted by Crippen LogP contribution is -2.43. The fourth-order valence-corrected chi connectivity index (χ4v) is 4.13. The number of fused-ring (bicyclic) bond motifs is 1. The lowest BCUT2D eigenvalue weighted by atomic mass is 9.74. The first-order valence-electron chi connectivity index (χ1n) is 9.71. The fourth-order valence-electron chi connectivity index (χ4n) is 4.13. The summed E-state index contributed by atoms with van der Waals surface area (Å²) in [7, 11) is 0. The van der Waals surface area contributed by atoms with Gasteiger partial charge in [0.2, 0.25) is 0 Å². The van der Waals surface area contributed by atoms with Gasteiger partial charge >= 0.3 is 0 Å². The number of unbranched alkanes of at least 4 members (excludes halogenated alkanes) is 2. The molecule has 1 saturated heterocycles. The SMILES string of the molecule is CCCCCC1(CNCc2cccc3ccccc23)CCNCC1. The fraction of sp³-hybridized carbons (Fsp3) is 0.545. The van der Waals surface area contributed by atoms with Crippen LogP contribution >= 0.6 is 0 Å². The molecule has 1 heterocycles. The summed E-state index contributed by atoms with van der Waals surface area (Å²) in [5, 5.41) is 10.1. The first kappa shape index (κ1) is 17.4. The van der Waals surface area contributed by atoms with E-state index in [2.05, 4.69) is 60.0 Å². The zero-order valence-corrected chi connectivity index (χ0v) is 15.1. The molecule has 0 unspecified atom stereocenters. The Morgan fingerprint density at radius 1 is 1.00 bits per heavy atom. The highest BCUT2D eigenvalue weighted by Crippen LogP contribution is 2.34. The van der Waals surface area contributed by atoms with Gasteiger partial charge in [0.15, 0.2) is 0 Å². The molecule has 2 nitrogen and oxygen atoms in total. The molecule has 3 rings (SSSR count). The van der Waals surface area contributed by atoms with Gasteiger partial charge < -0.3 is 10.6 Å². The van der Waals surface area contributed by atoms with Crippen molar-refractivity contribution in [3.05, 3.63) is 48.0 Å². The lowest BCUT2D eigenvalue weighted by molar-refractivity contribution is 0.172. The molecule has 0 atom stereocenters. The molecule has 0 radical (unpaired) electrons. The van der Waals surface area contributed by atoms with Gasteiger partial charge in [-0.15, -0.1) is 0 Å². The topological polar surface area (TPSA) is 24.1 Å². The van der Waals surface area contributed by atoms with Crippen LogP contribution in [0.1, 0.15) is 51.0 Å². The molecule has 0 bridgehead atoms. The van der Waals surface area contributed by atoms with Crippen molar-refractivity contribution in [2.24, 2.45) is 5.41 Å². The van der Waals surface area contributed by atoms with Crippen molar-refractivity contribution in [3.63, 3.8) is 0 Å². The lowest BCUT2D eigenvalue weighted by Gasteiger charge is -2.38. The van der Waals surface area contributed by atoms with Gasteiger partial charge in [0.1, 0.15) is 0 Å². The summed E-state index contributed by atoms with van der Waals surface area (Å²) in [5.41, 5.74) is 1.93. The second-order valence-corrected chi connectivity index (χ2v) is 7.45. The molecule has 1 aliphatic heterocycles. The monoisotopic (exact) mass is 324 g/mol. The van der Waals surface area contributed by atoms with Crippen LogP contribution in [0.25, 0.3) is 10.8 Å².